The molecule has 2 aromatic rings. The number of aliphatic hydroxyl groups is 1. The smallest absolute Gasteiger partial charge is 0.164 e. The van der Waals surface area contributed by atoms with Crippen LogP contribution in [0.1, 0.15) is 12.7 Å². The first-order valence-electron chi connectivity index (χ1n) is 5.15. The molecule has 0 bridgehead atoms. The summed E-state index contributed by atoms with van der Waals surface area (Å²) in [7, 11) is 0. The summed E-state index contributed by atoms with van der Waals surface area (Å²) in [4.78, 5) is 0. The number of hydrogen-bond acceptors (Lipinski definition) is 3. The second-order valence-electron chi connectivity index (χ2n) is 3.50. The van der Waals surface area contributed by atoms with Crippen molar-refractivity contribution >= 4 is 27.5 Å². The Balaban J connectivity index is 2.55. The second-order valence-corrected chi connectivity index (χ2v) is 4.85. The van der Waals surface area contributed by atoms with E-state index in [0.29, 0.717) is 23.2 Å². The topological polar surface area (TPSA) is 50.9 Å². The highest BCUT2D eigenvalue weighted by Gasteiger charge is 2.12. The fourth-order valence-electron chi connectivity index (χ4n) is 1.68. The van der Waals surface area contributed by atoms with Gasteiger partial charge in [0.1, 0.15) is 6.61 Å². The molecule has 0 unspecified atom stereocenters. The van der Waals surface area contributed by atoms with Gasteiger partial charge in [0.05, 0.1) is 0 Å². The Morgan fingerprint density at radius 1 is 1.35 bits per heavy atom. The summed E-state index contributed by atoms with van der Waals surface area (Å²) in [5.41, 5.74) is 0.874. The van der Waals surface area contributed by atoms with E-state index in [-0.39, 0.29) is 6.61 Å². The molecule has 0 saturated carbocycles. The molecule has 17 heavy (non-hydrogen) atoms. The summed E-state index contributed by atoms with van der Waals surface area (Å²) in [6, 6.07) is 5.55. The summed E-state index contributed by atoms with van der Waals surface area (Å²) in [5.74, 6) is 1.26. The Labute approximate surface area is 112 Å². The van der Waals surface area contributed by atoms with Crippen LogP contribution in [-0.2, 0) is 13.2 Å². The van der Waals surface area contributed by atoms with Gasteiger partial charge in [0.15, 0.2) is 11.6 Å². The lowest BCUT2D eigenvalue weighted by molar-refractivity contribution is 0.265. The van der Waals surface area contributed by atoms with Gasteiger partial charge in [-0.1, -0.05) is 27.5 Å². The number of halogens is 2. The number of aromatic nitrogens is 3. The van der Waals surface area contributed by atoms with Crippen LogP contribution in [0.5, 0.6) is 0 Å². The van der Waals surface area contributed by atoms with E-state index in [1.54, 1.807) is 0 Å². The Morgan fingerprint density at radius 2 is 2.12 bits per heavy atom. The van der Waals surface area contributed by atoms with Gasteiger partial charge in [-0.3, -0.25) is 0 Å². The fourth-order valence-corrected chi connectivity index (χ4v) is 2.54. The summed E-state index contributed by atoms with van der Waals surface area (Å²) in [5, 5.41) is 17.8. The predicted molar refractivity (Wildman–Crippen MR) is 69.8 cm³/mol. The van der Waals surface area contributed by atoms with Gasteiger partial charge >= 0.3 is 0 Å². The van der Waals surface area contributed by atoms with Gasteiger partial charge in [0.2, 0.25) is 0 Å². The highest BCUT2D eigenvalue weighted by molar-refractivity contribution is 9.10. The van der Waals surface area contributed by atoms with Gasteiger partial charge in [-0.05, 0) is 25.1 Å². The van der Waals surface area contributed by atoms with E-state index < -0.39 is 0 Å². The number of benzene rings is 1. The molecule has 0 fully saturated rings. The number of hydrogen-bond donors (Lipinski definition) is 1. The van der Waals surface area contributed by atoms with Crippen LogP contribution >= 0.6 is 27.5 Å². The van der Waals surface area contributed by atoms with Crippen molar-refractivity contribution in [2.24, 2.45) is 0 Å². The van der Waals surface area contributed by atoms with E-state index in [4.69, 9.17) is 16.7 Å². The molecule has 1 aromatic heterocycles. The molecule has 0 amide bonds. The molecule has 4 nitrogen and oxygen atoms in total. The second kappa shape index (κ2) is 5.16. The Hall–Kier alpha value is -0.910. The van der Waals surface area contributed by atoms with Gasteiger partial charge in [-0.25, -0.2) is 0 Å². The molecule has 0 saturated heterocycles. The highest BCUT2D eigenvalue weighted by atomic mass is 79.9. The van der Waals surface area contributed by atoms with Crippen LogP contribution in [0.25, 0.3) is 11.4 Å². The molecule has 6 heteroatoms. The number of aliphatic hydroxyl groups excluding tert-OH is 1. The van der Waals surface area contributed by atoms with Gasteiger partial charge in [-0.2, -0.15) is 0 Å². The highest BCUT2D eigenvalue weighted by Crippen LogP contribution is 2.26. The Morgan fingerprint density at radius 3 is 2.71 bits per heavy atom. The van der Waals surface area contributed by atoms with Crippen molar-refractivity contribution < 1.29 is 5.11 Å². The first-order chi connectivity index (χ1) is 8.15. The molecule has 90 valence electrons. The minimum absolute atomic E-state index is 0.122. The Kier molecular flexibility index (Phi) is 3.81. The van der Waals surface area contributed by atoms with Crippen LogP contribution in [0, 0.1) is 0 Å². The van der Waals surface area contributed by atoms with E-state index in [1.807, 2.05) is 29.7 Å². The minimum Gasteiger partial charge on any atom is -0.388 e. The van der Waals surface area contributed by atoms with Crippen LogP contribution in [0.3, 0.4) is 0 Å². The van der Waals surface area contributed by atoms with Gasteiger partial charge in [0.25, 0.3) is 0 Å². The lowest BCUT2D eigenvalue weighted by Crippen LogP contribution is -2.03. The fraction of sp³-hybridized carbons (Fsp3) is 0.273. The summed E-state index contributed by atoms with van der Waals surface area (Å²) in [6.45, 7) is 2.55. The molecule has 0 atom stereocenters. The minimum atomic E-state index is -0.122. The lowest BCUT2D eigenvalue weighted by atomic mass is 10.2. The van der Waals surface area contributed by atoms with Crippen molar-refractivity contribution in [2.45, 2.75) is 20.1 Å². The molecule has 2 rings (SSSR count). The monoisotopic (exact) mass is 315 g/mol. The SMILES string of the molecule is CCn1c(CO)nnc1-c1cc(Cl)cc(Br)c1. The standard InChI is InChI=1S/C11H11BrClN3O/c1-2-16-10(6-17)14-15-11(16)7-3-8(12)5-9(13)4-7/h3-5,17H,2,6H2,1H3. The maximum atomic E-state index is 9.16. The molecule has 0 spiro atoms. The van der Waals surface area contributed by atoms with Crippen LogP contribution in [0.4, 0.5) is 0 Å². The van der Waals surface area contributed by atoms with Crippen molar-refractivity contribution in [3.8, 4) is 11.4 Å². The summed E-state index contributed by atoms with van der Waals surface area (Å²) >= 11 is 9.39. The maximum absolute atomic E-state index is 9.16. The van der Waals surface area contributed by atoms with Crippen LogP contribution in [-0.4, -0.2) is 19.9 Å². The summed E-state index contributed by atoms with van der Waals surface area (Å²) in [6.07, 6.45) is 0. The third-order valence-corrected chi connectivity index (χ3v) is 3.08. The normalized spacial score (nSPS) is 10.8. The zero-order valence-corrected chi connectivity index (χ0v) is 11.5. The average molecular weight is 317 g/mol. The van der Waals surface area contributed by atoms with E-state index in [2.05, 4.69) is 26.1 Å². The van der Waals surface area contributed by atoms with Crippen LogP contribution < -0.4 is 0 Å². The lowest BCUT2D eigenvalue weighted by Gasteiger charge is -2.06. The molecule has 1 N–H and O–H groups in total. The molecule has 1 heterocycles. The van der Waals surface area contributed by atoms with E-state index in [1.165, 1.54) is 0 Å². The first-order valence-corrected chi connectivity index (χ1v) is 6.32. The third-order valence-electron chi connectivity index (χ3n) is 2.41. The zero-order valence-electron chi connectivity index (χ0n) is 9.19. The number of nitrogens with zero attached hydrogens (tertiary/aromatic N) is 3. The molecule has 0 radical (unpaired) electrons. The predicted octanol–water partition coefficient (Wildman–Crippen LogP) is 2.87. The molecule has 0 aliphatic rings. The maximum Gasteiger partial charge on any atom is 0.164 e. The largest absolute Gasteiger partial charge is 0.388 e. The molecular formula is C11H11BrClN3O. The van der Waals surface area contributed by atoms with Crippen molar-refractivity contribution in [3.05, 3.63) is 33.5 Å². The van der Waals surface area contributed by atoms with E-state index in [9.17, 15) is 0 Å². The third kappa shape index (κ3) is 2.51. The van der Waals surface area contributed by atoms with Gasteiger partial charge in [-0.15, -0.1) is 10.2 Å². The van der Waals surface area contributed by atoms with E-state index in [0.717, 1.165) is 10.0 Å². The first kappa shape index (κ1) is 12.5. The van der Waals surface area contributed by atoms with Crippen molar-refractivity contribution in [3.63, 3.8) is 0 Å². The molecule has 0 aliphatic heterocycles. The molecule has 0 aliphatic carbocycles. The quantitative estimate of drug-likeness (QED) is 0.947. The van der Waals surface area contributed by atoms with Crippen molar-refractivity contribution in [2.75, 3.05) is 0 Å². The average Bonchev–Trinajstić information content (AvgIpc) is 2.70. The Bertz CT molecular complexity index is 521. The van der Waals surface area contributed by atoms with E-state index >= 15 is 0 Å². The zero-order chi connectivity index (χ0) is 12.4. The van der Waals surface area contributed by atoms with Crippen molar-refractivity contribution in [1.29, 1.82) is 0 Å². The number of rotatable bonds is 3. The van der Waals surface area contributed by atoms with Gasteiger partial charge in [0, 0.05) is 21.6 Å². The summed E-state index contributed by atoms with van der Waals surface area (Å²) < 4.78 is 2.74. The van der Waals surface area contributed by atoms with Gasteiger partial charge < -0.3 is 9.67 Å². The van der Waals surface area contributed by atoms with Crippen LogP contribution in [0.2, 0.25) is 5.02 Å². The molecule has 1 aromatic carbocycles. The molecular weight excluding hydrogens is 305 g/mol. The van der Waals surface area contributed by atoms with Crippen LogP contribution in [0.15, 0.2) is 22.7 Å². The van der Waals surface area contributed by atoms with Crippen molar-refractivity contribution in [1.82, 2.24) is 14.8 Å².